The molecule has 0 fully saturated rings. The molecule has 0 spiro atoms. The number of nitrogens with zero attached hydrogens (tertiary/aromatic N) is 2. The number of oxazole rings is 2. The van der Waals surface area contributed by atoms with E-state index < -0.39 is 5.97 Å². The van der Waals surface area contributed by atoms with E-state index >= 15 is 0 Å². The molecule has 4 rings (SSSR count). The van der Waals surface area contributed by atoms with E-state index in [4.69, 9.17) is 23.0 Å². The molecule has 0 saturated heterocycles. The molecule has 0 unspecified atom stereocenters. The van der Waals surface area contributed by atoms with Crippen molar-refractivity contribution in [3.05, 3.63) is 88.8 Å². The van der Waals surface area contributed by atoms with Crippen LogP contribution in [0.1, 0.15) is 49.8 Å². The molecule has 0 radical (unpaired) electrons. The van der Waals surface area contributed by atoms with Crippen molar-refractivity contribution in [1.29, 1.82) is 0 Å². The van der Waals surface area contributed by atoms with E-state index in [1.807, 2.05) is 18.2 Å². The average Bonchev–Trinajstić information content (AvgIpc) is 3.44. The molecule has 0 amide bonds. The molecule has 0 saturated carbocycles. The summed E-state index contributed by atoms with van der Waals surface area (Å²) in [5, 5.41) is 0. The molecule has 2 aromatic heterocycles. The van der Waals surface area contributed by atoms with Crippen LogP contribution >= 0.6 is 0 Å². The zero-order chi connectivity index (χ0) is 25.7. The standard InChI is InChI=1S/C27H24N2O7/c1-16-25(28-23(34-16)13-11-18-10-12-21(32-3)22(14-18)33-4)20(30)15-24-29-26(17(2)35-24)27(31)36-19-8-6-5-7-9-19/h5-14H,15H2,1-4H3/b13-11+. The van der Waals surface area contributed by atoms with Gasteiger partial charge in [-0.05, 0) is 49.8 Å². The minimum absolute atomic E-state index is 0.0112. The van der Waals surface area contributed by atoms with Crippen molar-refractivity contribution in [3.8, 4) is 17.2 Å². The largest absolute Gasteiger partial charge is 0.493 e. The lowest BCUT2D eigenvalue weighted by Gasteiger charge is -2.07. The van der Waals surface area contributed by atoms with Crippen molar-refractivity contribution in [2.24, 2.45) is 0 Å². The lowest BCUT2D eigenvalue weighted by molar-refractivity contribution is 0.0727. The second kappa shape index (κ2) is 10.7. The number of aryl methyl sites for hydroxylation is 2. The summed E-state index contributed by atoms with van der Waals surface area (Å²) in [6.45, 7) is 3.23. The first kappa shape index (κ1) is 24.5. The van der Waals surface area contributed by atoms with Gasteiger partial charge in [0.05, 0.1) is 20.6 Å². The topological polar surface area (TPSA) is 114 Å². The molecule has 0 aliphatic carbocycles. The van der Waals surface area contributed by atoms with Crippen LogP contribution in [0.5, 0.6) is 17.2 Å². The number of rotatable bonds is 9. The van der Waals surface area contributed by atoms with Gasteiger partial charge in [-0.1, -0.05) is 24.3 Å². The molecule has 2 heterocycles. The van der Waals surface area contributed by atoms with Crippen molar-refractivity contribution in [2.75, 3.05) is 14.2 Å². The minimum atomic E-state index is -0.665. The molecule has 0 aliphatic heterocycles. The SMILES string of the molecule is COc1ccc(/C=C/c2nc(C(=O)Cc3nc(C(=O)Oc4ccccc4)c(C)o3)c(C)o2)cc1OC. The van der Waals surface area contributed by atoms with E-state index in [0.717, 1.165) is 5.56 Å². The maximum Gasteiger partial charge on any atom is 0.366 e. The van der Waals surface area contributed by atoms with Crippen LogP contribution in [0, 0.1) is 13.8 Å². The Bertz CT molecular complexity index is 1420. The number of hydrogen-bond donors (Lipinski definition) is 0. The van der Waals surface area contributed by atoms with Gasteiger partial charge >= 0.3 is 5.97 Å². The second-order valence-corrected chi connectivity index (χ2v) is 7.72. The average molecular weight is 488 g/mol. The number of Topliss-reactive ketones (excluding diaryl/α,β-unsaturated/α-hetero) is 1. The lowest BCUT2D eigenvalue weighted by Crippen LogP contribution is -2.11. The zero-order valence-corrected chi connectivity index (χ0v) is 20.2. The summed E-state index contributed by atoms with van der Waals surface area (Å²) < 4.78 is 27.0. The Labute approximate surface area is 207 Å². The van der Waals surface area contributed by atoms with Gasteiger partial charge in [0.2, 0.25) is 11.8 Å². The Morgan fingerprint density at radius 3 is 2.31 bits per heavy atom. The van der Waals surface area contributed by atoms with Crippen LogP contribution in [0.4, 0.5) is 0 Å². The van der Waals surface area contributed by atoms with Gasteiger partial charge in [-0.15, -0.1) is 0 Å². The number of hydrogen-bond acceptors (Lipinski definition) is 9. The third kappa shape index (κ3) is 5.52. The molecule has 36 heavy (non-hydrogen) atoms. The summed E-state index contributed by atoms with van der Waals surface area (Å²) in [4.78, 5) is 33.8. The van der Waals surface area contributed by atoms with Gasteiger partial charge in [0.1, 0.15) is 23.0 Å². The fourth-order valence-electron chi connectivity index (χ4n) is 3.45. The number of carbonyl (C=O) groups excluding carboxylic acids is 2. The first-order valence-electron chi connectivity index (χ1n) is 11.0. The van der Waals surface area contributed by atoms with Gasteiger partial charge < -0.3 is 23.0 Å². The molecule has 0 bridgehead atoms. The molecular formula is C27H24N2O7. The number of methoxy groups -OCH3 is 2. The first-order chi connectivity index (χ1) is 17.4. The quantitative estimate of drug-likeness (QED) is 0.180. The predicted molar refractivity (Wildman–Crippen MR) is 130 cm³/mol. The van der Waals surface area contributed by atoms with E-state index in [2.05, 4.69) is 9.97 Å². The monoisotopic (exact) mass is 488 g/mol. The van der Waals surface area contributed by atoms with Crippen LogP contribution in [0.3, 0.4) is 0 Å². The van der Waals surface area contributed by atoms with Gasteiger partial charge in [0.15, 0.2) is 23.0 Å². The molecule has 0 atom stereocenters. The molecule has 4 aromatic rings. The second-order valence-electron chi connectivity index (χ2n) is 7.72. The number of ketones is 1. The smallest absolute Gasteiger partial charge is 0.366 e. The number of carbonyl (C=O) groups is 2. The Morgan fingerprint density at radius 1 is 0.861 bits per heavy atom. The number of para-hydroxylation sites is 1. The fourth-order valence-corrected chi connectivity index (χ4v) is 3.45. The van der Waals surface area contributed by atoms with Crippen LogP contribution < -0.4 is 14.2 Å². The van der Waals surface area contributed by atoms with Crippen LogP contribution in [-0.2, 0) is 6.42 Å². The van der Waals surface area contributed by atoms with E-state index in [0.29, 0.717) is 23.0 Å². The molecule has 2 aromatic carbocycles. The summed E-state index contributed by atoms with van der Waals surface area (Å²) in [7, 11) is 3.13. The molecule has 184 valence electrons. The molecule has 0 aliphatic rings. The van der Waals surface area contributed by atoms with Crippen molar-refractivity contribution in [3.63, 3.8) is 0 Å². The van der Waals surface area contributed by atoms with E-state index in [1.165, 1.54) is 0 Å². The summed E-state index contributed by atoms with van der Waals surface area (Å²) >= 11 is 0. The summed E-state index contributed by atoms with van der Waals surface area (Å²) in [5.41, 5.74) is 1.00. The number of benzene rings is 2. The van der Waals surface area contributed by atoms with Crippen molar-refractivity contribution < 1.29 is 32.6 Å². The number of aromatic nitrogens is 2. The molecular weight excluding hydrogens is 464 g/mol. The summed E-state index contributed by atoms with van der Waals surface area (Å²) in [5.74, 6) is 1.54. The van der Waals surface area contributed by atoms with Gasteiger partial charge in [-0.3, -0.25) is 4.79 Å². The fraction of sp³-hybridized carbons (Fsp3) is 0.185. The highest BCUT2D eigenvalue weighted by Gasteiger charge is 2.23. The lowest BCUT2D eigenvalue weighted by atomic mass is 10.2. The van der Waals surface area contributed by atoms with Crippen molar-refractivity contribution in [2.45, 2.75) is 20.3 Å². The van der Waals surface area contributed by atoms with Crippen molar-refractivity contribution >= 4 is 23.9 Å². The normalized spacial score (nSPS) is 11.0. The van der Waals surface area contributed by atoms with Crippen molar-refractivity contribution in [1.82, 2.24) is 9.97 Å². The molecule has 9 nitrogen and oxygen atoms in total. The maximum atomic E-state index is 12.9. The minimum Gasteiger partial charge on any atom is -0.493 e. The zero-order valence-electron chi connectivity index (χ0n) is 20.2. The van der Waals surface area contributed by atoms with Gasteiger partial charge in [0, 0.05) is 6.08 Å². The third-order valence-electron chi connectivity index (χ3n) is 5.20. The maximum absolute atomic E-state index is 12.9. The highest BCUT2D eigenvalue weighted by molar-refractivity contribution is 5.96. The number of esters is 1. The van der Waals surface area contributed by atoms with Crippen LogP contribution in [0.15, 0.2) is 57.4 Å². The molecule has 0 N–H and O–H groups in total. The Kier molecular flexibility index (Phi) is 7.29. The van der Waals surface area contributed by atoms with Crippen LogP contribution in [0.25, 0.3) is 12.2 Å². The number of ether oxygens (including phenoxy) is 3. The Balaban J connectivity index is 1.45. The van der Waals surface area contributed by atoms with E-state index in [1.54, 1.807) is 70.6 Å². The van der Waals surface area contributed by atoms with Gasteiger partial charge in [-0.2, -0.15) is 0 Å². The van der Waals surface area contributed by atoms with Gasteiger partial charge in [-0.25, -0.2) is 14.8 Å². The summed E-state index contributed by atoms with van der Waals surface area (Å²) in [6, 6.07) is 14.1. The third-order valence-corrected chi connectivity index (χ3v) is 5.20. The van der Waals surface area contributed by atoms with Crippen LogP contribution in [-0.4, -0.2) is 35.9 Å². The molecule has 9 heteroatoms. The highest BCUT2D eigenvalue weighted by Crippen LogP contribution is 2.28. The highest BCUT2D eigenvalue weighted by atomic mass is 16.5. The van der Waals surface area contributed by atoms with Gasteiger partial charge in [0.25, 0.3) is 0 Å². The summed E-state index contributed by atoms with van der Waals surface area (Å²) in [6.07, 6.45) is 3.24. The van der Waals surface area contributed by atoms with E-state index in [9.17, 15) is 9.59 Å². The van der Waals surface area contributed by atoms with Crippen LogP contribution in [0.2, 0.25) is 0 Å². The van der Waals surface area contributed by atoms with E-state index in [-0.39, 0.29) is 41.1 Å². The predicted octanol–water partition coefficient (Wildman–Crippen LogP) is 5.11. The Morgan fingerprint density at radius 2 is 1.58 bits per heavy atom. The Hall–Kier alpha value is -4.66. The first-order valence-corrected chi connectivity index (χ1v) is 11.0.